The van der Waals surface area contributed by atoms with Crippen molar-refractivity contribution in [3.05, 3.63) is 24.3 Å². The Morgan fingerprint density at radius 2 is 1.88 bits per heavy atom. The summed E-state index contributed by atoms with van der Waals surface area (Å²) < 4.78 is 0. The number of benzene rings is 1. The Labute approximate surface area is 98.7 Å². The van der Waals surface area contributed by atoms with Gasteiger partial charge in [-0.25, -0.2) is 0 Å². The van der Waals surface area contributed by atoms with Gasteiger partial charge in [-0.3, -0.25) is 0 Å². The molecule has 1 saturated heterocycles. The van der Waals surface area contributed by atoms with Crippen molar-refractivity contribution in [1.82, 2.24) is 0 Å². The molecule has 16 heavy (non-hydrogen) atoms. The first kappa shape index (κ1) is 11.3. The van der Waals surface area contributed by atoms with Crippen LogP contribution in [-0.4, -0.2) is 20.1 Å². The van der Waals surface area contributed by atoms with Crippen LogP contribution in [-0.2, 0) is 0 Å². The molecule has 0 amide bonds. The minimum absolute atomic E-state index is 0.525. The van der Waals surface area contributed by atoms with Gasteiger partial charge in [0.15, 0.2) is 0 Å². The molecule has 2 rings (SSSR count). The summed E-state index contributed by atoms with van der Waals surface area (Å²) in [6.45, 7) is 7.10. The van der Waals surface area contributed by atoms with Gasteiger partial charge in [-0.05, 0) is 36.5 Å². The topological polar surface area (TPSA) is 15.3 Å². The molecule has 1 fully saturated rings. The first-order valence-electron chi connectivity index (χ1n) is 6.13. The van der Waals surface area contributed by atoms with Crippen molar-refractivity contribution in [2.24, 2.45) is 5.41 Å². The SMILES string of the molecule is CNc1cccc(N2CCC(C)(C)CC2)c1. The number of piperidine rings is 1. The van der Waals surface area contributed by atoms with E-state index in [4.69, 9.17) is 0 Å². The number of hydrogen-bond donors (Lipinski definition) is 1. The maximum absolute atomic E-state index is 3.20. The molecule has 0 bridgehead atoms. The summed E-state index contributed by atoms with van der Waals surface area (Å²) in [5, 5.41) is 3.20. The van der Waals surface area contributed by atoms with E-state index in [9.17, 15) is 0 Å². The molecular formula is C14H22N2. The Hall–Kier alpha value is -1.18. The lowest BCUT2D eigenvalue weighted by atomic mass is 9.82. The Bertz CT molecular complexity index is 348. The normalized spacial score (nSPS) is 19.6. The molecule has 1 N–H and O–H groups in total. The van der Waals surface area contributed by atoms with Gasteiger partial charge in [0.2, 0.25) is 0 Å². The fraction of sp³-hybridized carbons (Fsp3) is 0.571. The molecule has 1 aliphatic rings. The van der Waals surface area contributed by atoms with E-state index in [0.717, 1.165) is 0 Å². The molecule has 1 aromatic carbocycles. The van der Waals surface area contributed by atoms with E-state index in [1.807, 2.05) is 7.05 Å². The first-order chi connectivity index (χ1) is 7.61. The molecule has 0 radical (unpaired) electrons. The summed E-state index contributed by atoms with van der Waals surface area (Å²) >= 11 is 0. The maximum Gasteiger partial charge on any atom is 0.0386 e. The number of nitrogens with one attached hydrogen (secondary N) is 1. The van der Waals surface area contributed by atoms with Crippen LogP contribution in [0, 0.1) is 5.41 Å². The van der Waals surface area contributed by atoms with Gasteiger partial charge in [-0.15, -0.1) is 0 Å². The molecule has 0 atom stereocenters. The zero-order valence-corrected chi connectivity index (χ0v) is 10.6. The summed E-state index contributed by atoms with van der Waals surface area (Å²) in [6.07, 6.45) is 2.58. The highest BCUT2D eigenvalue weighted by Crippen LogP contribution is 2.32. The van der Waals surface area contributed by atoms with Crippen molar-refractivity contribution in [3.8, 4) is 0 Å². The number of nitrogens with zero attached hydrogens (tertiary/aromatic N) is 1. The Balaban J connectivity index is 2.08. The third-order valence-corrected chi connectivity index (χ3v) is 3.62. The average molecular weight is 218 g/mol. The zero-order chi connectivity index (χ0) is 11.6. The Kier molecular flexibility index (Phi) is 3.08. The van der Waals surface area contributed by atoms with E-state index in [1.54, 1.807) is 0 Å². The molecule has 2 nitrogen and oxygen atoms in total. The lowest BCUT2D eigenvalue weighted by molar-refractivity contribution is 0.280. The summed E-state index contributed by atoms with van der Waals surface area (Å²) in [5.74, 6) is 0. The molecule has 0 aromatic heterocycles. The van der Waals surface area contributed by atoms with E-state index in [2.05, 4.69) is 48.3 Å². The zero-order valence-electron chi connectivity index (χ0n) is 10.6. The number of hydrogen-bond acceptors (Lipinski definition) is 2. The summed E-state index contributed by atoms with van der Waals surface area (Å²) in [4.78, 5) is 2.49. The molecule has 0 spiro atoms. The molecule has 1 aromatic rings. The van der Waals surface area contributed by atoms with Crippen LogP contribution in [0.4, 0.5) is 11.4 Å². The van der Waals surface area contributed by atoms with E-state index in [1.165, 1.54) is 37.3 Å². The van der Waals surface area contributed by atoms with Gasteiger partial charge in [0.05, 0.1) is 0 Å². The van der Waals surface area contributed by atoms with Crippen LogP contribution in [0.1, 0.15) is 26.7 Å². The van der Waals surface area contributed by atoms with Gasteiger partial charge in [-0.1, -0.05) is 19.9 Å². The van der Waals surface area contributed by atoms with Crippen molar-refractivity contribution in [2.45, 2.75) is 26.7 Å². The highest BCUT2D eigenvalue weighted by molar-refractivity contribution is 5.58. The average Bonchev–Trinajstić information content (AvgIpc) is 2.29. The van der Waals surface area contributed by atoms with Gasteiger partial charge in [-0.2, -0.15) is 0 Å². The van der Waals surface area contributed by atoms with Gasteiger partial charge in [0, 0.05) is 31.5 Å². The van der Waals surface area contributed by atoms with Crippen LogP contribution in [0.3, 0.4) is 0 Å². The van der Waals surface area contributed by atoms with Gasteiger partial charge < -0.3 is 10.2 Å². The van der Waals surface area contributed by atoms with Crippen LogP contribution < -0.4 is 10.2 Å². The van der Waals surface area contributed by atoms with E-state index >= 15 is 0 Å². The predicted octanol–water partition coefficient (Wildman–Crippen LogP) is 3.35. The predicted molar refractivity (Wildman–Crippen MR) is 71.2 cm³/mol. The summed E-state index contributed by atoms with van der Waals surface area (Å²) in [6, 6.07) is 8.68. The molecular weight excluding hydrogens is 196 g/mol. The molecule has 0 aliphatic carbocycles. The van der Waals surface area contributed by atoms with E-state index in [0.29, 0.717) is 5.41 Å². The number of anilines is 2. The minimum atomic E-state index is 0.525. The van der Waals surface area contributed by atoms with Crippen LogP contribution in [0.15, 0.2) is 24.3 Å². The lowest BCUT2D eigenvalue weighted by Gasteiger charge is -2.38. The lowest BCUT2D eigenvalue weighted by Crippen LogP contribution is -2.37. The molecule has 88 valence electrons. The van der Waals surface area contributed by atoms with Crippen LogP contribution >= 0.6 is 0 Å². The maximum atomic E-state index is 3.20. The molecule has 2 heteroatoms. The molecule has 1 aliphatic heterocycles. The minimum Gasteiger partial charge on any atom is -0.388 e. The largest absolute Gasteiger partial charge is 0.388 e. The third-order valence-electron chi connectivity index (χ3n) is 3.62. The highest BCUT2D eigenvalue weighted by Gasteiger charge is 2.25. The van der Waals surface area contributed by atoms with Gasteiger partial charge >= 0.3 is 0 Å². The van der Waals surface area contributed by atoms with Crippen molar-refractivity contribution < 1.29 is 0 Å². The van der Waals surface area contributed by atoms with Gasteiger partial charge in [0.1, 0.15) is 0 Å². The molecule has 0 saturated carbocycles. The Morgan fingerprint density at radius 1 is 1.19 bits per heavy atom. The standard InChI is InChI=1S/C14H22N2/c1-14(2)7-9-16(10-8-14)13-6-4-5-12(11-13)15-3/h4-6,11,15H,7-10H2,1-3H3. The van der Waals surface area contributed by atoms with E-state index < -0.39 is 0 Å². The Morgan fingerprint density at radius 3 is 2.50 bits per heavy atom. The first-order valence-corrected chi connectivity index (χ1v) is 6.13. The second kappa shape index (κ2) is 4.36. The fourth-order valence-corrected chi connectivity index (χ4v) is 2.23. The summed E-state index contributed by atoms with van der Waals surface area (Å²) in [7, 11) is 1.97. The fourth-order valence-electron chi connectivity index (χ4n) is 2.23. The van der Waals surface area contributed by atoms with Crippen molar-refractivity contribution >= 4 is 11.4 Å². The van der Waals surface area contributed by atoms with E-state index in [-0.39, 0.29) is 0 Å². The van der Waals surface area contributed by atoms with Crippen LogP contribution in [0.25, 0.3) is 0 Å². The highest BCUT2D eigenvalue weighted by atomic mass is 15.1. The third kappa shape index (κ3) is 2.49. The van der Waals surface area contributed by atoms with Gasteiger partial charge in [0.25, 0.3) is 0 Å². The van der Waals surface area contributed by atoms with Crippen molar-refractivity contribution in [1.29, 1.82) is 0 Å². The van der Waals surface area contributed by atoms with Crippen molar-refractivity contribution in [3.63, 3.8) is 0 Å². The molecule has 0 unspecified atom stereocenters. The second-order valence-corrected chi connectivity index (χ2v) is 5.45. The quantitative estimate of drug-likeness (QED) is 0.819. The van der Waals surface area contributed by atoms with Crippen molar-refractivity contribution in [2.75, 3.05) is 30.4 Å². The second-order valence-electron chi connectivity index (χ2n) is 5.45. The summed E-state index contributed by atoms with van der Waals surface area (Å²) in [5.41, 5.74) is 3.07. The number of rotatable bonds is 2. The molecule has 1 heterocycles. The monoisotopic (exact) mass is 218 g/mol. The van der Waals surface area contributed by atoms with Crippen LogP contribution in [0.2, 0.25) is 0 Å². The smallest absolute Gasteiger partial charge is 0.0386 e. The van der Waals surface area contributed by atoms with Crippen LogP contribution in [0.5, 0.6) is 0 Å².